The number of aryl methyl sites for hydroxylation is 1. The maximum Gasteiger partial charge on any atom is 0.246 e. The van der Waals surface area contributed by atoms with Crippen LogP contribution in [0.25, 0.3) is 0 Å². The molecule has 1 fully saturated rings. The molecule has 29 heavy (non-hydrogen) atoms. The SMILES string of the molecule is Cc1c(S(=O)(=O)N2CCC[C@@H](C(=O)N[C@@H]3CCOc4ccccc43)C2)cnn1C. The number of ether oxygens (including phenoxy) is 1. The van der Waals surface area contributed by atoms with E-state index in [2.05, 4.69) is 10.4 Å². The summed E-state index contributed by atoms with van der Waals surface area (Å²) in [7, 11) is -1.96. The summed E-state index contributed by atoms with van der Waals surface area (Å²) in [6.07, 6.45) is 3.41. The fraction of sp³-hybridized carbons (Fsp3) is 0.500. The highest BCUT2D eigenvalue weighted by molar-refractivity contribution is 7.89. The van der Waals surface area contributed by atoms with Gasteiger partial charge in [-0.1, -0.05) is 18.2 Å². The molecule has 4 rings (SSSR count). The predicted molar refractivity (Wildman–Crippen MR) is 107 cm³/mol. The number of benzene rings is 1. The van der Waals surface area contributed by atoms with Gasteiger partial charge in [-0.2, -0.15) is 9.40 Å². The highest BCUT2D eigenvalue weighted by Crippen LogP contribution is 2.32. The molecule has 9 heteroatoms. The second kappa shape index (κ2) is 7.79. The number of piperidine rings is 1. The van der Waals surface area contributed by atoms with Crippen LogP contribution in [0.4, 0.5) is 0 Å². The molecule has 1 N–H and O–H groups in total. The number of nitrogens with zero attached hydrogens (tertiary/aromatic N) is 3. The maximum absolute atomic E-state index is 13.1. The third-order valence-electron chi connectivity index (χ3n) is 5.84. The Morgan fingerprint density at radius 3 is 2.83 bits per heavy atom. The minimum absolute atomic E-state index is 0.102. The van der Waals surface area contributed by atoms with Crippen LogP contribution in [-0.2, 0) is 21.9 Å². The fourth-order valence-corrected chi connectivity index (χ4v) is 5.74. The lowest BCUT2D eigenvalue weighted by atomic mass is 9.96. The number of carbonyl (C=O) groups is 1. The molecule has 0 spiro atoms. The van der Waals surface area contributed by atoms with Crippen molar-refractivity contribution < 1.29 is 17.9 Å². The third kappa shape index (κ3) is 3.76. The molecule has 1 amide bonds. The molecule has 2 aromatic rings. The summed E-state index contributed by atoms with van der Waals surface area (Å²) < 4.78 is 34.8. The van der Waals surface area contributed by atoms with Gasteiger partial charge >= 0.3 is 0 Å². The Hall–Kier alpha value is -2.39. The first-order valence-electron chi connectivity index (χ1n) is 9.89. The zero-order valence-electron chi connectivity index (χ0n) is 16.7. The summed E-state index contributed by atoms with van der Waals surface area (Å²) in [4.78, 5) is 13.2. The van der Waals surface area contributed by atoms with Gasteiger partial charge in [-0.25, -0.2) is 8.42 Å². The Morgan fingerprint density at radius 1 is 1.28 bits per heavy atom. The fourth-order valence-electron chi connectivity index (χ4n) is 4.03. The largest absolute Gasteiger partial charge is 0.493 e. The number of hydrogen-bond acceptors (Lipinski definition) is 5. The van der Waals surface area contributed by atoms with E-state index in [1.54, 1.807) is 18.7 Å². The second-order valence-electron chi connectivity index (χ2n) is 7.66. The van der Waals surface area contributed by atoms with E-state index < -0.39 is 10.0 Å². The van der Waals surface area contributed by atoms with Crippen LogP contribution in [-0.4, -0.2) is 48.1 Å². The smallest absolute Gasteiger partial charge is 0.246 e. The Morgan fingerprint density at radius 2 is 2.07 bits per heavy atom. The van der Waals surface area contributed by atoms with Crippen molar-refractivity contribution in [3.8, 4) is 5.75 Å². The number of para-hydroxylation sites is 1. The quantitative estimate of drug-likeness (QED) is 0.817. The number of aromatic nitrogens is 2. The van der Waals surface area contributed by atoms with Crippen LogP contribution in [0.5, 0.6) is 5.75 Å². The van der Waals surface area contributed by atoms with Gasteiger partial charge in [0, 0.05) is 32.1 Å². The summed E-state index contributed by atoms with van der Waals surface area (Å²) in [6, 6.07) is 7.59. The summed E-state index contributed by atoms with van der Waals surface area (Å²) in [6.45, 7) is 2.89. The molecule has 8 nitrogen and oxygen atoms in total. The van der Waals surface area contributed by atoms with E-state index in [0.717, 1.165) is 11.3 Å². The highest BCUT2D eigenvalue weighted by atomic mass is 32.2. The summed E-state index contributed by atoms with van der Waals surface area (Å²) >= 11 is 0. The first-order valence-corrected chi connectivity index (χ1v) is 11.3. The van der Waals surface area contributed by atoms with E-state index in [4.69, 9.17) is 4.74 Å². The van der Waals surface area contributed by atoms with Gasteiger partial charge in [0.1, 0.15) is 10.6 Å². The van der Waals surface area contributed by atoms with Crippen molar-refractivity contribution in [2.75, 3.05) is 19.7 Å². The van der Waals surface area contributed by atoms with Crippen molar-refractivity contribution in [3.63, 3.8) is 0 Å². The molecule has 3 heterocycles. The number of carbonyl (C=O) groups excluding carboxylic acids is 1. The number of fused-ring (bicyclic) bond motifs is 1. The molecule has 1 aromatic carbocycles. The van der Waals surface area contributed by atoms with Gasteiger partial charge in [0.15, 0.2) is 0 Å². The van der Waals surface area contributed by atoms with Crippen molar-refractivity contribution >= 4 is 15.9 Å². The van der Waals surface area contributed by atoms with Crippen molar-refractivity contribution in [3.05, 3.63) is 41.7 Å². The van der Waals surface area contributed by atoms with Gasteiger partial charge in [0.2, 0.25) is 15.9 Å². The number of amides is 1. The normalized spacial score (nSPS) is 22.6. The van der Waals surface area contributed by atoms with Crippen LogP contribution in [0.3, 0.4) is 0 Å². The minimum atomic E-state index is -3.67. The monoisotopic (exact) mass is 418 g/mol. The molecule has 2 aliphatic heterocycles. The topological polar surface area (TPSA) is 93.5 Å². The third-order valence-corrected chi connectivity index (χ3v) is 7.81. The van der Waals surface area contributed by atoms with E-state index in [1.165, 1.54) is 10.5 Å². The molecule has 2 atom stereocenters. The average Bonchev–Trinajstić information content (AvgIpc) is 3.07. The second-order valence-corrected chi connectivity index (χ2v) is 9.56. The van der Waals surface area contributed by atoms with Gasteiger partial charge < -0.3 is 10.1 Å². The Labute approximate surface area is 170 Å². The standard InChI is InChI=1S/C20H26N4O4S/c1-14-19(12-21-23(14)2)29(26,27)24-10-5-6-15(13-24)20(25)22-17-9-11-28-18-8-4-3-7-16(17)18/h3-4,7-8,12,15,17H,5-6,9-11,13H2,1-2H3,(H,22,25)/t15-,17-/m1/s1. The summed E-state index contributed by atoms with van der Waals surface area (Å²) in [5, 5.41) is 7.16. The molecular weight excluding hydrogens is 392 g/mol. The molecule has 1 saturated heterocycles. The van der Waals surface area contributed by atoms with Gasteiger partial charge in [-0.05, 0) is 25.8 Å². The zero-order chi connectivity index (χ0) is 20.6. The first-order chi connectivity index (χ1) is 13.9. The van der Waals surface area contributed by atoms with E-state index in [1.807, 2.05) is 24.3 Å². The Bertz CT molecular complexity index is 1020. The number of nitrogens with one attached hydrogen (secondary N) is 1. The average molecular weight is 419 g/mol. The minimum Gasteiger partial charge on any atom is -0.493 e. The first kappa shape index (κ1) is 19.9. The number of sulfonamides is 1. The van der Waals surface area contributed by atoms with E-state index in [-0.39, 0.29) is 29.3 Å². The zero-order valence-corrected chi connectivity index (χ0v) is 17.5. The van der Waals surface area contributed by atoms with Crippen LogP contribution >= 0.6 is 0 Å². The lowest BCUT2D eigenvalue weighted by Crippen LogP contribution is -2.46. The molecule has 2 aliphatic rings. The van der Waals surface area contributed by atoms with E-state index in [0.29, 0.717) is 38.1 Å². The Kier molecular flexibility index (Phi) is 5.35. The van der Waals surface area contributed by atoms with Crippen molar-refractivity contribution in [1.82, 2.24) is 19.4 Å². The van der Waals surface area contributed by atoms with Gasteiger partial charge in [-0.3, -0.25) is 9.48 Å². The molecule has 1 aromatic heterocycles. The molecule has 0 radical (unpaired) electrons. The summed E-state index contributed by atoms with van der Waals surface area (Å²) in [5.74, 6) is 0.323. The predicted octanol–water partition coefficient (Wildman–Crippen LogP) is 1.77. The van der Waals surface area contributed by atoms with Crippen LogP contribution in [0, 0.1) is 12.8 Å². The number of rotatable bonds is 4. The van der Waals surface area contributed by atoms with Gasteiger partial charge in [-0.15, -0.1) is 0 Å². The van der Waals surface area contributed by atoms with Crippen molar-refractivity contribution in [2.45, 2.75) is 37.1 Å². The summed E-state index contributed by atoms with van der Waals surface area (Å²) in [5.41, 5.74) is 1.56. The molecule has 0 saturated carbocycles. The molecule has 0 aliphatic carbocycles. The highest BCUT2D eigenvalue weighted by Gasteiger charge is 2.36. The van der Waals surface area contributed by atoms with Crippen LogP contribution in [0.15, 0.2) is 35.4 Å². The maximum atomic E-state index is 13.1. The molecular formula is C20H26N4O4S. The van der Waals surface area contributed by atoms with Crippen LogP contribution in [0.1, 0.15) is 36.6 Å². The van der Waals surface area contributed by atoms with E-state index in [9.17, 15) is 13.2 Å². The lowest BCUT2D eigenvalue weighted by molar-refractivity contribution is -0.127. The molecule has 156 valence electrons. The molecule has 0 bridgehead atoms. The van der Waals surface area contributed by atoms with E-state index >= 15 is 0 Å². The van der Waals surface area contributed by atoms with Crippen LogP contribution in [0.2, 0.25) is 0 Å². The van der Waals surface area contributed by atoms with Crippen molar-refractivity contribution in [2.24, 2.45) is 13.0 Å². The van der Waals surface area contributed by atoms with Crippen molar-refractivity contribution in [1.29, 1.82) is 0 Å². The number of hydrogen-bond donors (Lipinski definition) is 1. The van der Waals surface area contributed by atoms with Gasteiger partial charge in [0.25, 0.3) is 0 Å². The lowest BCUT2D eigenvalue weighted by Gasteiger charge is -2.33. The Balaban J connectivity index is 1.48. The van der Waals surface area contributed by atoms with Gasteiger partial charge in [0.05, 0.1) is 30.5 Å². The molecule has 0 unspecified atom stereocenters. The van der Waals surface area contributed by atoms with Crippen LogP contribution < -0.4 is 10.1 Å².